The summed E-state index contributed by atoms with van der Waals surface area (Å²) in [4.78, 5) is 11.5. The molecule has 0 aliphatic heterocycles. The molecule has 0 atom stereocenters. The fraction of sp³-hybridized carbons (Fsp3) is 0.500. The van der Waals surface area contributed by atoms with Crippen LogP contribution in [0.15, 0.2) is 30.3 Å². The van der Waals surface area contributed by atoms with Gasteiger partial charge >= 0.3 is 5.97 Å². The maximum Gasteiger partial charge on any atom is 0.361 e. The fourth-order valence-corrected chi connectivity index (χ4v) is 2.04. The Labute approximate surface area is 120 Å². The standard InChI is InChI=1S/C14H22NO2.BrH/c1-4-15(5-2,12-14(16)17-3)11-13-9-7-6-8-10-13;/h6-10H,4-5,11-12H2,1-3H3;1H/q+1;/p-1. The van der Waals surface area contributed by atoms with Crippen molar-refractivity contribution in [2.45, 2.75) is 20.4 Å². The molecule has 0 N–H and O–H groups in total. The minimum Gasteiger partial charge on any atom is -1.00 e. The molecule has 0 fully saturated rings. The van der Waals surface area contributed by atoms with E-state index in [9.17, 15) is 4.79 Å². The Kier molecular flexibility index (Phi) is 7.87. The van der Waals surface area contributed by atoms with E-state index in [1.165, 1.54) is 12.7 Å². The van der Waals surface area contributed by atoms with Crippen LogP contribution in [0.4, 0.5) is 0 Å². The summed E-state index contributed by atoms with van der Waals surface area (Å²) in [6, 6.07) is 10.3. The van der Waals surface area contributed by atoms with E-state index < -0.39 is 0 Å². The van der Waals surface area contributed by atoms with Gasteiger partial charge in [0.05, 0.1) is 20.2 Å². The number of likely N-dealkylation sites (N-methyl/N-ethyl adjacent to an activating group) is 1. The van der Waals surface area contributed by atoms with E-state index in [0.717, 1.165) is 24.1 Å². The second-order valence-corrected chi connectivity index (χ2v) is 4.35. The number of hydrogen-bond donors (Lipinski definition) is 0. The first-order valence-electron chi connectivity index (χ1n) is 6.11. The number of nitrogens with zero attached hydrogens (tertiary/aromatic N) is 1. The molecule has 0 bridgehead atoms. The lowest BCUT2D eigenvalue weighted by Gasteiger charge is -2.35. The lowest BCUT2D eigenvalue weighted by molar-refractivity contribution is -0.931. The summed E-state index contributed by atoms with van der Waals surface area (Å²) in [7, 11) is 1.45. The largest absolute Gasteiger partial charge is 1.00 e. The molecule has 0 saturated heterocycles. The van der Waals surface area contributed by atoms with Crippen LogP contribution < -0.4 is 17.0 Å². The Morgan fingerprint density at radius 1 is 1.17 bits per heavy atom. The zero-order chi connectivity index (χ0) is 12.7. The van der Waals surface area contributed by atoms with Crippen LogP contribution in [0.1, 0.15) is 19.4 Å². The van der Waals surface area contributed by atoms with Crippen molar-refractivity contribution in [2.75, 3.05) is 26.7 Å². The molecule has 0 heterocycles. The third-order valence-electron chi connectivity index (χ3n) is 3.39. The van der Waals surface area contributed by atoms with Gasteiger partial charge in [0.1, 0.15) is 6.54 Å². The number of esters is 1. The highest BCUT2D eigenvalue weighted by atomic mass is 79.9. The number of quaternary nitrogens is 1. The molecule has 4 heteroatoms. The first-order valence-corrected chi connectivity index (χ1v) is 6.11. The molecule has 1 aromatic rings. The van der Waals surface area contributed by atoms with Crippen LogP contribution in [0, 0.1) is 0 Å². The number of carbonyl (C=O) groups excluding carboxylic acids is 1. The summed E-state index contributed by atoms with van der Waals surface area (Å²) in [6.45, 7) is 7.42. The Bertz CT molecular complexity index is 350. The van der Waals surface area contributed by atoms with Crippen molar-refractivity contribution in [2.24, 2.45) is 0 Å². The van der Waals surface area contributed by atoms with E-state index in [1.807, 2.05) is 18.2 Å². The van der Waals surface area contributed by atoms with E-state index in [2.05, 4.69) is 26.0 Å². The topological polar surface area (TPSA) is 26.3 Å². The number of halogens is 1. The van der Waals surface area contributed by atoms with E-state index in [0.29, 0.717) is 6.54 Å². The normalized spacial score (nSPS) is 10.6. The third-order valence-corrected chi connectivity index (χ3v) is 3.39. The number of benzene rings is 1. The van der Waals surface area contributed by atoms with Crippen LogP contribution in [0.2, 0.25) is 0 Å². The summed E-state index contributed by atoms with van der Waals surface area (Å²) in [5.74, 6) is -0.135. The van der Waals surface area contributed by atoms with Crippen molar-refractivity contribution in [3.05, 3.63) is 35.9 Å². The molecule has 0 aromatic heterocycles. The lowest BCUT2D eigenvalue weighted by atomic mass is 10.1. The summed E-state index contributed by atoms with van der Waals surface area (Å²) in [6.07, 6.45) is 0. The number of carbonyl (C=O) groups is 1. The molecule has 0 amide bonds. The van der Waals surface area contributed by atoms with Crippen molar-refractivity contribution in [1.82, 2.24) is 0 Å². The molecule has 0 aliphatic carbocycles. The smallest absolute Gasteiger partial charge is 0.361 e. The highest BCUT2D eigenvalue weighted by Gasteiger charge is 2.27. The Balaban J connectivity index is 0.00000289. The zero-order valence-corrected chi connectivity index (χ0v) is 12.9. The number of ether oxygens (including phenoxy) is 1. The summed E-state index contributed by atoms with van der Waals surface area (Å²) in [5.41, 5.74) is 1.26. The average Bonchev–Trinajstić information content (AvgIpc) is 2.39. The molecule has 102 valence electrons. The Hall–Kier alpha value is -0.870. The fourth-order valence-electron chi connectivity index (χ4n) is 2.04. The quantitative estimate of drug-likeness (QED) is 0.508. The number of rotatable bonds is 6. The number of methoxy groups -OCH3 is 1. The maximum atomic E-state index is 11.5. The molecule has 1 aromatic carbocycles. The van der Waals surface area contributed by atoms with Crippen LogP contribution in [0.5, 0.6) is 0 Å². The first kappa shape index (κ1) is 17.1. The van der Waals surface area contributed by atoms with Crippen LogP contribution in [-0.2, 0) is 16.1 Å². The molecule has 0 spiro atoms. The SMILES string of the molecule is CC[N+](CC)(CC(=O)OC)Cc1ccccc1.[Br-]. The molecule has 0 unspecified atom stereocenters. The molecule has 0 aliphatic rings. The second kappa shape index (κ2) is 8.27. The Morgan fingerprint density at radius 3 is 2.17 bits per heavy atom. The molecule has 18 heavy (non-hydrogen) atoms. The first-order chi connectivity index (χ1) is 8.15. The maximum absolute atomic E-state index is 11.5. The molecule has 0 saturated carbocycles. The van der Waals surface area contributed by atoms with Crippen LogP contribution in [-0.4, -0.2) is 37.2 Å². The summed E-state index contributed by atoms with van der Waals surface area (Å²) >= 11 is 0. The number of hydrogen-bond acceptors (Lipinski definition) is 2. The third kappa shape index (κ3) is 4.78. The van der Waals surface area contributed by atoms with Gasteiger partial charge in [-0.05, 0) is 13.8 Å². The van der Waals surface area contributed by atoms with Gasteiger partial charge in [0.15, 0.2) is 6.54 Å². The summed E-state index contributed by atoms with van der Waals surface area (Å²) < 4.78 is 5.54. The monoisotopic (exact) mass is 315 g/mol. The molecule has 1 rings (SSSR count). The van der Waals surface area contributed by atoms with Crippen LogP contribution in [0.25, 0.3) is 0 Å². The second-order valence-electron chi connectivity index (χ2n) is 4.35. The highest BCUT2D eigenvalue weighted by molar-refractivity contribution is 5.70. The van der Waals surface area contributed by atoms with Crippen molar-refractivity contribution in [1.29, 1.82) is 0 Å². The van der Waals surface area contributed by atoms with Gasteiger partial charge in [0, 0.05) is 5.56 Å². The van der Waals surface area contributed by atoms with Crippen LogP contribution in [0.3, 0.4) is 0 Å². The van der Waals surface area contributed by atoms with E-state index in [-0.39, 0.29) is 23.0 Å². The molecular formula is C14H22BrNO2. The predicted molar refractivity (Wildman–Crippen MR) is 68.4 cm³/mol. The molecular weight excluding hydrogens is 294 g/mol. The van der Waals surface area contributed by atoms with Gasteiger partial charge in [-0.3, -0.25) is 0 Å². The van der Waals surface area contributed by atoms with Gasteiger partial charge < -0.3 is 26.2 Å². The predicted octanol–water partition coefficient (Wildman–Crippen LogP) is -0.780. The minimum atomic E-state index is -0.135. The van der Waals surface area contributed by atoms with Gasteiger partial charge in [0.25, 0.3) is 0 Å². The van der Waals surface area contributed by atoms with Crippen molar-refractivity contribution >= 4 is 5.97 Å². The van der Waals surface area contributed by atoms with Crippen molar-refractivity contribution in [3.8, 4) is 0 Å². The van der Waals surface area contributed by atoms with Crippen molar-refractivity contribution < 1.29 is 31.0 Å². The van der Waals surface area contributed by atoms with Gasteiger partial charge in [-0.25, -0.2) is 4.79 Å². The lowest BCUT2D eigenvalue weighted by Crippen LogP contribution is -3.00. The summed E-state index contributed by atoms with van der Waals surface area (Å²) in [5, 5.41) is 0. The van der Waals surface area contributed by atoms with E-state index in [4.69, 9.17) is 4.74 Å². The minimum absolute atomic E-state index is 0. The molecule has 3 nitrogen and oxygen atoms in total. The van der Waals surface area contributed by atoms with Crippen molar-refractivity contribution in [3.63, 3.8) is 0 Å². The highest BCUT2D eigenvalue weighted by Crippen LogP contribution is 2.14. The molecule has 0 radical (unpaired) electrons. The Morgan fingerprint density at radius 2 is 1.72 bits per heavy atom. The van der Waals surface area contributed by atoms with Crippen LogP contribution >= 0.6 is 0 Å². The van der Waals surface area contributed by atoms with Gasteiger partial charge in [-0.2, -0.15) is 0 Å². The van der Waals surface area contributed by atoms with Gasteiger partial charge in [-0.1, -0.05) is 30.3 Å². The zero-order valence-electron chi connectivity index (χ0n) is 11.4. The van der Waals surface area contributed by atoms with E-state index >= 15 is 0 Å². The van der Waals surface area contributed by atoms with E-state index in [1.54, 1.807) is 0 Å². The average molecular weight is 316 g/mol. The van der Waals surface area contributed by atoms with Gasteiger partial charge in [-0.15, -0.1) is 0 Å². The van der Waals surface area contributed by atoms with Gasteiger partial charge in [0.2, 0.25) is 0 Å².